The molecule has 0 saturated heterocycles. The van der Waals surface area contributed by atoms with Crippen LogP contribution in [0.5, 0.6) is 0 Å². The molecule has 0 aromatic carbocycles. The zero-order valence-corrected chi connectivity index (χ0v) is 8.14. The van der Waals surface area contributed by atoms with Crippen LogP contribution in [0.2, 0.25) is 0 Å². The molecule has 0 unspecified atom stereocenters. The Morgan fingerprint density at radius 1 is 1.21 bits per heavy atom. The molecule has 0 spiro atoms. The largest absolute Gasteiger partial charge is 0.354 e. The van der Waals surface area contributed by atoms with Crippen molar-refractivity contribution in [1.82, 2.24) is 10.6 Å². The standard InChI is InChI=1S/C8H14F2N2O2/c1-5(2)3-11-6(13)4-12-8(14)7(9)10/h5,7H,3-4H2,1-2H3,(H,11,13)(H,12,14). The number of carbonyl (C=O) groups is 2. The molecular weight excluding hydrogens is 194 g/mol. The Morgan fingerprint density at radius 3 is 2.21 bits per heavy atom. The second-order valence-electron chi connectivity index (χ2n) is 3.22. The third-order valence-electron chi connectivity index (χ3n) is 1.33. The first-order valence-electron chi connectivity index (χ1n) is 4.26. The van der Waals surface area contributed by atoms with Gasteiger partial charge in [-0.25, -0.2) is 0 Å². The van der Waals surface area contributed by atoms with Crippen molar-refractivity contribution in [2.24, 2.45) is 5.92 Å². The average Bonchev–Trinajstić information content (AvgIpc) is 2.10. The molecule has 0 fully saturated rings. The van der Waals surface area contributed by atoms with E-state index in [1.54, 1.807) is 5.32 Å². The van der Waals surface area contributed by atoms with Gasteiger partial charge < -0.3 is 10.6 Å². The van der Waals surface area contributed by atoms with Gasteiger partial charge in [0.15, 0.2) is 0 Å². The lowest BCUT2D eigenvalue weighted by molar-refractivity contribution is -0.133. The third kappa shape index (κ3) is 6.33. The third-order valence-corrected chi connectivity index (χ3v) is 1.33. The first kappa shape index (κ1) is 12.8. The molecule has 2 N–H and O–H groups in total. The van der Waals surface area contributed by atoms with E-state index in [1.165, 1.54) is 0 Å². The van der Waals surface area contributed by atoms with Crippen LogP contribution in [0.15, 0.2) is 0 Å². The maximum Gasteiger partial charge on any atom is 0.315 e. The van der Waals surface area contributed by atoms with E-state index in [0.717, 1.165) is 0 Å². The van der Waals surface area contributed by atoms with Crippen LogP contribution in [0.1, 0.15) is 13.8 Å². The molecule has 82 valence electrons. The number of hydrogen-bond donors (Lipinski definition) is 2. The fourth-order valence-electron chi connectivity index (χ4n) is 0.625. The number of hydrogen-bond acceptors (Lipinski definition) is 2. The number of amides is 2. The maximum absolute atomic E-state index is 11.6. The lowest BCUT2D eigenvalue weighted by Gasteiger charge is -2.08. The van der Waals surface area contributed by atoms with Crippen LogP contribution in [0.4, 0.5) is 8.78 Å². The first-order chi connectivity index (χ1) is 6.43. The van der Waals surface area contributed by atoms with Crippen molar-refractivity contribution in [3.63, 3.8) is 0 Å². The highest BCUT2D eigenvalue weighted by Crippen LogP contribution is 1.90. The lowest BCUT2D eigenvalue weighted by atomic mass is 10.2. The van der Waals surface area contributed by atoms with Crippen molar-refractivity contribution >= 4 is 11.8 Å². The van der Waals surface area contributed by atoms with E-state index in [0.29, 0.717) is 6.54 Å². The zero-order valence-electron chi connectivity index (χ0n) is 8.14. The number of nitrogens with one attached hydrogen (secondary N) is 2. The summed E-state index contributed by atoms with van der Waals surface area (Å²) in [6.07, 6.45) is -3.08. The predicted molar refractivity (Wildman–Crippen MR) is 46.9 cm³/mol. The molecule has 0 atom stereocenters. The second kappa shape index (κ2) is 6.28. The Balaban J connectivity index is 3.59. The maximum atomic E-state index is 11.6. The minimum absolute atomic E-state index is 0.282. The van der Waals surface area contributed by atoms with E-state index in [1.807, 2.05) is 13.8 Å². The molecule has 0 radical (unpaired) electrons. The van der Waals surface area contributed by atoms with Crippen LogP contribution in [-0.2, 0) is 9.59 Å². The van der Waals surface area contributed by atoms with Crippen LogP contribution < -0.4 is 10.6 Å². The summed E-state index contributed by atoms with van der Waals surface area (Å²) in [5.41, 5.74) is 0. The molecule has 6 heteroatoms. The summed E-state index contributed by atoms with van der Waals surface area (Å²) < 4.78 is 23.3. The smallest absolute Gasteiger partial charge is 0.315 e. The molecule has 0 aliphatic carbocycles. The van der Waals surface area contributed by atoms with Gasteiger partial charge >= 0.3 is 6.43 Å². The average molecular weight is 208 g/mol. The monoisotopic (exact) mass is 208 g/mol. The fraction of sp³-hybridized carbons (Fsp3) is 0.750. The van der Waals surface area contributed by atoms with Crippen LogP contribution in [0.25, 0.3) is 0 Å². The number of carbonyl (C=O) groups excluding carboxylic acids is 2. The summed E-state index contributed by atoms with van der Waals surface area (Å²) in [6, 6.07) is 0. The molecule has 0 aliphatic rings. The minimum atomic E-state index is -3.08. The molecule has 4 nitrogen and oxygen atoms in total. The van der Waals surface area contributed by atoms with Gasteiger partial charge in [-0.2, -0.15) is 8.78 Å². The highest BCUT2D eigenvalue weighted by Gasteiger charge is 2.15. The predicted octanol–water partition coefficient (Wildman–Crippen LogP) is 0.140. The van der Waals surface area contributed by atoms with E-state index in [2.05, 4.69) is 5.32 Å². The Labute approximate surface area is 81.0 Å². The fourth-order valence-corrected chi connectivity index (χ4v) is 0.625. The minimum Gasteiger partial charge on any atom is -0.354 e. The highest BCUT2D eigenvalue weighted by atomic mass is 19.3. The summed E-state index contributed by atoms with van der Waals surface area (Å²) in [5.74, 6) is -1.61. The van der Waals surface area contributed by atoms with Gasteiger partial charge in [0.1, 0.15) is 0 Å². The van der Waals surface area contributed by atoms with Crippen molar-refractivity contribution in [3.05, 3.63) is 0 Å². The number of rotatable bonds is 5. The molecule has 0 rings (SSSR count). The summed E-state index contributed by atoms with van der Waals surface area (Å²) in [4.78, 5) is 21.2. The van der Waals surface area contributed by atoms with Gasteiger partial charge in [-0.1, -0.05) is 13.8 Å². The van der Waals surface area contributed by atoms with Crippen LogP contribution >= 0.6 is 0 Å². The van der Waals surface area contributed by atoms with Gasteiger partial charge in [0.2, 0.25) is 5.91 Å². The molecular formula is C8H14F2N2O2. The van der Waals surface area contributed by atoms with Crippen molar-refractivity contribution in [1.29, 1.82) is 0 Å². The van der Waals surface area contributed by atoms with Crippen LogP contribution in [0.3, 0.4) is 0 Å². The molecule has 14 heavy (non-hydrogen) atoms. The lowest BCUT2D eigenvalue weighted by Crippen LogP contribution is -2.40. The van der Waals surface area contributed by atoms with Gasteiger partial charge in [-0.3, -0.25) is 9.59 Å². The normalized spacial score (nSPS) is 10.4. The second-order valence-corrected chi connectivity index (χ2v) is 3.22. The molecule has 0 heterocycles. The van der Waals surface area contributed by atoms with E-state index < -0.39 is 24.8 Å². The summed E-state index contributed by atoms with van der Waals surface area (Å²) >= 11 is 0. The van der Waals surface area contributed by atoms with Crippen molar-refractivity contribution in [2.45, 2.75) is 20.3 Å². The topological polar surface area (TPSA) is 58.2 Å². The quantitative estimate of drug-likeness (QED) is 0.675. The number of alkyl halides is 2. The highest BCUT2D eigenvalue weighted by molar-refractivity contribution is 5.85. The Kier molecular flexibility index (Phi) is 5.74. The van der Waals surface area contributed by atoms with Gasteiger partial charge in [0.25, 0.3) is 5.91 Å². The molecule has 0 aromatic rings. The van der Waals surface area contributed by atoms with Gasteiger partial charge in [0.05, 0.1) is 6.54 Å². The van der Waals surface area contributed by atoms with Crippen molar-refractivity contribution < 1.29 is 18.4 Å². The Hall–Kier alpha value is -1.20. The van der Waals surface area contributed by atoms with Crippen LogP contribution in [-0.4, -0.2) is 31.3 Å². The summed E-state index contributed by atoms with van der Waals surface area (Å²) in [7, 11) is 0. The summed E-state index contributed by atoms with van der Waals surface area (Å²) in [6.45, 7) is 3.86. The number of halogens is 2. The molecule has 0 bridgehead atoms. The SMILES string of the molecule is CC(C)CNC(=O)CNC(=O)C(F)F. The van der Waals surface area contributed by atoms with Gasteiger partial charge in [-0.05, 0) is 5.92 Å². The molecule has 0 saturated carbocycles. The van der Waals surface area contributed by atoms with E-state index >= 15 is 0 Å². The Morgan fingerprint density at radius 2 is 1.79 bits per heavy atom. The zero-order chi connectivity index (χ0) is 11.1. The molecule has 0 aromatic heterocycles. The van der Waals surface area contributed by atoms with Crippen LogP contribution in [0, 0.1) is 5.92 Å². The Bertz CT molecular complexity index is 208. The molecule has 0 aliphatic heterocycles. The van der Waals surface area contributed by atoms with Crippen molar-refractivity contribution in [3.8, 4) is 0 Å². The first-order valence-corrected chi connectivity index (χ1v) is 4.26. The van der Waals surface area contributed by atoms with Gasteiger partial charge in [-0.15, -0.1) is 0 Å². The van der Waals surface area contributed by atoms with Gasteiger partial charge in [0, 0.05) is 6.54 Å². The molecule has 2 amide bonds. The van der Waals surface area contributed by atoms with Crippen molar-refractivity contribution in [2.75, 3.05) is 13.1 Å². The van der Waals surface area contributed by atoms with E-state index in [-0.39, 0.29) is 5.92 Å². The van der Waals surface area contributed by atoms with E-state index in [4.69, 9.17) is 0 Å². The summed E-state index contributed by atoms with van der Waals surface area (Å²) in [5, 5.41) is 4.28. The van der Waals surface area contributed by atoms with E-state index in [9.17, 15) is 18.4 Å².